The molecule has 0 radical (unpaired) electrons. The Balaban J connectivity index is 1.66. The molecule has 1 amide bonds. The quantitative estimate of drug-likeness (QED) is 0.861. The summed E-state index contributed by atoms with van der Waals surface area (Å²) in [6.07, 6.45) is 1.92. The molecule has 1 aliphatic heterocycles. The fourth-order valence-corrected chi connectivity index (χ4v) is 4.29. The zero-order valence-corrected chi connectivity index (χ0v) is 14.1. The molecule has 1 aliphatic rings. The molecule has 8 heteroatoms. The molecule has 128 valence electrons. The lowest BCUT2D eigenvalue weighted by molar-refractivity contribution is 0.0936. The number of carbonyl (C=O) groups excluding carboxylic acids is 1. The number of nitrogens with zero attached hydrogens (tertiary/aromatic N) is 2. The van der Waals surface area contributed by atoms with Crippen molar-refractivity contribution in [3.05, 3.63) is 53.9 Å². The Morgan fingerprint density at radius 1 is 1.24 bits per heavy atom. The third-order valence-electron chi connectivity index (χ3n) is 3.89. The Morgan fingerprint density at radius 2 is 2.04 bits per heavy atom. The molecule has 0 aliphatic carbocycles. The summed E-state index contributed by atoms with van der Waals surface area (Å²) in [5, 5.41) is 14.9. The number of aromatic nitrogens is 1. The maximum atomic E-state index is 12.1. The van der Waals surface area contributed by atoms with E-state index in [0.29, 0.717) is 23.4 Å². The Hall–Kier alpha value is -2.92. The average molecular weight is 356 g/mol. The maximum absolute atomic E-state index is 12.1. The van der Waals surface area contributed by atoms with Crippen LogP contribution in [0.2, 0.25) is 0 Å². The second-order valence-corrected chi connectivity index (χ2v) is 8.02. The van der Waals surface area contributed by atoms with E-state index in [1.165, 1.54) is 6.20 Å². The Kier molecular flexibility index (Phi) is 4.67. The van der Waals surface area contributed by atoms with Crippen LogP contribution in [0.4, 0.5) is 11.4 Å². The van der Waals surface area contributed by atoms with Gasteiger partial charge in [0, 0.05) is 6.04 Å². The van der Waals surface area contributed by atoms with Crippen molar-refractivity contribution in [3.63, 3.8) is 0 Å². The van der Waals surface area contributed by atoms with Crippen molar-refractivity contribution in [2.75, 3.05) is 16.8 Å². The highest BCUT2D eigenvalue weighted by atomic mass is 32.2. The number of anilines is 2. The molecule has 0 bridgehead atoms. The van der Waals surface area contributed by atoms with Crippen LogP contribution in [-0.4, -0.2) is 36.9 Å². The molecular weight excluding hydrogens is 340 g/mol. The van der Waals surface area contributed by atoms with E-state index in [2.05, 4.69) is 21.7 Å². The molecule has 1 atom stereocenters. The minimum Gasteiger partial charge on any atom is -0.353 e. The largest absolute Gasteiger partial charge is 0.353 e. The van der Waals surface area contributed by atoms with Crippen molar-refractivity contribution in [1.29, 1.82) is 5.26 Å². The van der Waals surface area contributed by atoms with Crippen LogP contribution in [0.5, 0.6) is 0 Å². The van der Waals surface area contributed by atoms with Crippen molar-refractivity contribution in [1.82, 2.24) is 10.3 Å². The summed E-state index contributed by atoms with van der Waals surface area (Å²) in [5.41, 5.74) is 2.01. The van der Waals surface area contributed by atoms with E-state index in [1.807, 2.05) is 6.07 Å². The third kappa shape index (κ3) is 4.14. The van der Waals surface area contributed by atoms with Gasteiger partial charge in [0.2, 0.25) is 0 Å². The summed E-state index contributed by atoms with van der Waals surface area (Å²) >= 11 is 0. The van der Waals surface area contributed by atoms with E-state index in [0.717, 1.165) is 0 Å². The summed E-state index contributed by atoms with van der Waals surface area (Å²) in [6, 6.07) is 12.0. The minimum absolute atomic E-state index is 0.0245. The molecule has 1 aromatic heterocycles. The number of amides is 1. The first-order valence-electron chi connectivity index (χ1n) is 7.70. The van der Waals surface area contributed by atoms with Gasteiger partial charge in [0.15, 0.2) is 9.84 Å². The van der Waals surface area contributed by atoms with Crippen molar-refractivity contribution in [2.24, 2.45) is 0 Å². The summed E-state index contributed by atoms with van der Waals surface area (Å²) in [4.78, 5) is 16.3. The van der Waals surface area contributed by atoms with Crippen LogP contribution in [0.15, 0.2) is 42.6 Å². The molecule has 1 saturated heterocycles. The van der Waals surface area contributed by atoms with E-state index in [4.69, 9.17) is 5.26 Å². The third-order valence-corrected chi connectivity index (χ3v) is 5.66. The molecule has 2 heterocycles. The van der Waals surface area contributed by atoms with Gasteiger partial charge in [0.25, 0.3) is 5.91 Å². The molecule has 3 rings (SSSR count). The van der Waals surface area contributed by atoms with Gasteiger partial charge >= 0.3 is 0 Å². The number of hydrogen-bond donors (Lipinski definition) is 2. The van der Waals surface area contributed by atoms with E-state index < -0.39 is 15.7 Å². The van der Waals surface area contributed by atoms with Gasteiger partial charge in [0.05, 0.1) is 34.6 Å². The summed E-state index contributed by atoms with van der Waals surface area (Å²) in [6.45, 7) is 0. The molecule has 7 nitrogen and oxygen atoms in total. The van der Waals surface area contributed by atoms with Crippen LogP contribution in [0.3, 0.4) is 0 Å². The average Bonchev–Trinajstić information content (AvgIpc) is 2.94. The summed E-state index contributed by atoms with van der Waals surface area (Å²) in [5.74, 6) is -0.318. The lowest BCUT2D eigenvalue weighted by Crippen LogP contribution is -2.36. The van der Waals surface area contributed by atoms with Gasteiger partial charge in [0.1, 0.15) is 11.8 Å². The van der Waals surface area contributed by atoms with E-state index in [1.54, 1.807) is 30.3 Å². The zero-order chi connectivity index (χ0) is 17.9. The minimum atomic E-state index is -3.04. The van der Waals surface area contributed by atoms with Gasteiger partial charge in [-0.2, -0.15) is 5.26 Å². The number of rotatable bonds is 4. The van der Waals surface area contributed by atoms with Crippen LogP contribution >= 0.6 is 0 Å². The summed E-state index contributed by atoms with van der Waals surface area (Å²) < 4.78 is 22.9. The normalized spacial score (nSPS) is 18.3. The van der Waals surface area contributed by atoms with Crippen LogP contribution in [0.25, 0.3) is 0 Å². The lowest BCUT2D eigenvalue weighted by Gasteiger charge is -2.11. The lowest BCUT2D eigenvalue weighted by atomic mass is 10.2. The fourth-order valence-electron chi connectivity index (χ4n) is 2.62. The van der Waals surface area contributed by atoms with E-state index in [-0.39, 0.29) is 23.2 Å². The number of nitrogens with one attached hydrogen (secondary N) is 2. The number of sulfone groups is 1. The predicted octanol–water partition coefficient (Wildman–Crippen LogP) is 1.61. The SMILES string of the molecule is N#Cc1ccccc1Nc1ccc(C(=O)NC2CCS(=O)(=O)C2)nc1. The molecule has 1 unspecified atom stereocenters. The van der Waals surface area contributed by atoms with Crippen molar-refractivity contribution in [2.45, 2.75) is 12.5 Å². The zero-order valence-electron chi connectivity index (χ0n) is 13.3. The maximum Gasteiger partial charge on any atom is 0.270 e. The van der Waals surface area contributed by atoms with Crippen LogP contribution < -0.4 is 10.6 Å². The van der Waals surface area contributed by atoms with Gasteiger partial charge < -0.3 is 10.6 Å². The fraction of sp³-hybridized carbons (Fsp3) is 0.235. The molecule has 1 aromatic carbocycles. The Labute approximate surface area is 145 Å². The van der Waals surface area contributed by atoms with Crippen LogP contribution in [0.1, 0.15) is 22.5 Å². The molecule has 1 fully saturated rings. The molecule has 2 N–H and O–H groups in total. The number of benzene rings is 1. The summed E-state index contributed by atoms with van der Waals surface area (Å²) in [7, 11) is -3.04. The Bertz CT molecular complexity index is 933. The number of pyridine rings is 1. The highest BCUT2D eigenvalue weighted by Crippen LogP contribution is 2.20. The van der Waals surface area contributed by atoms with E-state index >= 15 is 0 Å². The first kappa shape index (κ1) is 16.9. The first-order chi connectivity index (χ1) is 12.0. The first-order valence-corrected chi connectivity index (χ1v) is 9.52. The van der Waals surface area contributed by atoms with Crippen molar-refractivity contribution in [3.8, 4) is 6.07 Å². The molecule has 25 heavy (non-hydrogen) atoms. The van der Waals surface area contributed by atoms with Crippen molar-refractivity contribution < 1.29 is 13.2 Å². The number of nitriles is 1. The second-order valence-electron chi connectivity index (χ2n) is 5.79. The molecule has 0 spiro atoms. The highest BCUT2D eigenvalue weighted by molar-refractivity contribution is 7.91. The Morgan fingerprint density at radius 3 is 2.68 bits per heavy atom. The second kappa shape index (κ2) is 6.91. The van der Waals surface area contributed by atoms with Crippen molar-refractivity contribution >= 4 is 27.1 Å². The van der Waals surface area contributed by atoms with Gasteiger partial charge in [-0.3, -0.25) is 4.79 Å². The number of para-hydroxylation sites is 1. The molecular formula is C17H16N4O3S. The predicted molar refractivity (Wildman–Crippen MR) is 93.2 cm³/mol. The van der Waals surface area contributed by atoms with E-state index in [9.17, 15) is 13.2 Å². The topological polar surface area (TPSA) is 112 Å². The van der Waals surface area contributed by atoms with Gasteiger partial charge in [-0.05, 0) is 30.7 Å². The molecule has 2 aromatic rings. The smallest absolute Gasteiger partial charge is 0.270 e. The van der Waals surface area contributed by atoms with Gasteiger partial charge in [-0.25, -0.2) is 13.4 Å². The van der Waals surface area contributed by atoms with Gasteiger partial charge in [-0.15, -0.1) is 0 Å². The monoisotopic (exact) mass is 356 g/mol. The molecule has 0 saturated carbocycles. The number of hydrogen-bond acceptors (Lipinski definition) is 6. The standard InChI is InChI=1S/C17H16N4O3S/c18-9-12-3-1-2-4-15(12)20-13-5-6-16(19-10-13)17(22)21-14-7-8-25(23,24)11-14/h1-6,10,14,20H,7-8,11H2,(H,21,22). The van der Waals surface area contributed by atoms with Crippen LogP contribution in [0, 0.1) is 11.3 Å². The highest BCUT2D eigenvalue weighted by Gasteiger charge is 2.29. The number of carbonyl (C=O) groups is 1. The van der Waals surface area contributed by atoms with Crippen LogP contribution in [-0.2, 0) is 9.84 Å². The van der Waals surface area contributed by atoms with Gasteiger partial charge in [-0.1, -0.05) is 12.1 Å².